The Morgan fingerprint density at radius 2 is 1.94 bits per heavy atom. The van der Waals surface area contributed by atoms with E-state index >= 15 is 0 Å². The molecular weight excluding hydrogens is 348 g/mol. The van der Waals surface area contributed by atoms with E-state index in [1.165, 1.54) is 46.3 Å². The highest BCUT2D eigenvalue weighted by atomic mass is 79.9. The van der Waals surface area contributed by atoms with Crippen LogP contribution in [0.2, 0.25) is 0 Å². The van der Waals surface area contributed by atoms with E-state index in [2.05, 4.69) is 51.8 Å². The van der Waals surface area contributed by atoms with Crippen molar-refractivity contribution in [1.29, 1.82) is 0 Å². The zero-order valence-corrected chi connectivity index (χ0v) is 13.8. The SMILES string of the molecule is Cc1sc(Br)cc1C(Br)C1(C)CCCCC1. The zero-order valence-electron chi connectivity index (χ0n) is 9.85. The molecule has 1 aliphatic carbocycles. The predicted molar refractivity (Wildman–Crippen MR) is 79.6 cm³/mol. The van der Waals surface area contributed by atoms with Crippen molar-refractivity contribution in [2.24, 2.45) is 5.41 Å². The van der Waals surface area contributed by atoms with Crippen molar-refractivity contribution in [3.63, 3.8) is 0 Å². The maximum absolute atomic E-state index is 3.95. The Bertz CT molecular complexity index is 364. The first kappa shape index (κ1) is 13.1. The van der Waals surface area contributed by atoms with Crippen LogP contribution >= 0.6 is 43.2 Å². The number of halogens is 2. The van der Waals surface area contributed by atoms with Crippen molar-refractivity contribution in [3.8, 4) is 0 Å². The van der Waals surface area contributed by atoms with Crippen LogP contribution in [0.5, 0.6) is 0 Å². The normalized spacial score (nSPS) is 22.0. The van der Waals surface area contributed by atoms with Crippen molar-refractivity contribution >= 4 is 43.2 Å². The van der Waals surface area contributed by atoms with E-state index in [0.717, 1.165) is 0 Å². The Kier molecular flexibility index (Phi) is 4.19. The smallest absolute Gasteiger partial charge is 0.0704 e. The molecule has 0 bridgehead atoms. The monoisotopic (exact) mass is 364 g/mol. The summed E-state index contributed by atoms with van der Waals surface area (Å²) in [5, 5.41) is 0. The van der Waals surface area contributed by atoms with Crippen LogP contribution in [0.1, 0.15) is 54.3 Å². The zero-order chi connectivity index (χ0) is 11.8. The van der Waals surface area contributed by atoms with Gasteiger partial charge in [-0.1, -0.05) is 42.1 Å². The van der Waals surface area contributed by atoms with Gasteiger partial charge in [-0.05, 0) is 52.7 Å². The highest BCUT2D eigenvalue weighted by molar-refractivity contribution is 9.11. The minimum absolute atomic E-state index is 0.448. The van der Waals surface area contributed by atoms with Gasteiger partial charge in [-0.15, -0.1) is 11.3 Å². The molecule has 3 heteroatoms. The molecule has 2 rings (SSSR count). The summed E-state index contributed by atoms with van der Waals surface area (Å²) < 4.78 is 1.25. The number of aryl methyl sites for hydroxylation is 1. The highest BCUT2D eigenvalue weighted by Crippen LogP contribution is 2.52. The van der Waals surface area contributed by atoms with E-state index < -0.39 is 0 Å². The lowest BCUT2D eigenvalue weighted by atomic mass is 9.72. The van der Waals surface area contributed by atoms with E-state index in [1.807, 2.05) is 11.3 Å². The van der Waals surface area contributed by atoms with Gasteiger partial charge in [0.1, 0.15) is 0 Å². The molecule has 90 valence electrons. The van der Waals surface area contributed by atoms with Crippen molar-refractivity contribution in [1.82, 2.24) is 0 Å². The lowest BCUT2D eigenvalue weighted by molar-refractivity contribution is 0.213. The van der Waals surface area contributed by atoms with E-state index in [-0.39, 0.29) is 0 Å². The molecule has 1 saturated carbocycles. The topological polar surface area (TPSA) is 0 Å². The van der Waals surface area contributed by atoms with Gasteiger partial charge in [0.2, 0.25) is 0 Å². The number of hydrogen-bond acceptors (Lipinski definition) is 1. The predicted octanol–water partition coefficient (Wildman–Crippen LogP) is 6.23. The summed E-state index contributed by atoms with van der Waals surface area (Å²) in [5.41, 5.74) is 1.94. The number of thiophene rings is 1. The number of rotatable bonds is 2. The average Bonchev–Trinajstić information content (AvgIpc) is 2.58. The summed E-state index contributed by atoms with van der Waals surface area (Å²) in [6, 6.07) is 2.29. The number of hydrogen-bond donors (Lipinski definition) is 0. The largest absolute Gasteiger partial charge is 0.133 e. The molecule has 0 aromatic carbocycles. The molecule has 0 nitrogen and oxygen atoms in total. The summed E-state index contributed by atoms with van der Waals surface area (Å²) in [7, 11) is 0. The standard InChI is InChI=1S/C13H18Br2S/c1-9-10(8-11(14)16-9)12(15)13(2)6-4-3-5-7-13/h8,12H,3-7H2,1-2H3. The van der Waals surface area contributed by atoms with Gasteiger partial charge >= 0.3 is 0 Å². The molecular formula is C13H18Br2S. The van der Waals surface area contributed by atoms with Crippen LogP contribution < -0.4 is 0 Å². The molecule has 0 spiro atoms. The molecule has 0 radical (unpaired) electrons. The van der Waals surface area contributed by atoms with Crippen molar-refractivity contribution in [2.45, 2.75) is 50.8 Å². The number of alkyl halides is 1. The Balaban J connectivity index is 2.23. The van der Waals surface area contributed by atoms with Crippen molar-refractivity contribution < 1.29 is 0 Å². The van der Waals surface area contributed by atoms with Crippen LogP contribution in [0.4, 0.5) is 0 Å². The molecule has 1 aromatic rings. The molecule has 1 heterocycles. The first-order valence-corrected chi connectivity index (χ1v) is 8.45. The van der Waals surface area contributed by atoms with Crippen LogP contribution in [-0.4, -0.2) is 0 Å². The Morgan fingerprint density at radius 1 is 1.31 bits per heavy atom. The molecule has 1 unspecified atom stereocenters. The molecule has 1 aliphatic rings. The van der Waals surface area contributed by atoms with Crippen LogP contribution in [0.25, 0.3) is 0 Å². The Hall–Kier alpha value is 0.660. The lowest BCUT2D eigenvalue weighted by Crippen LogP contribution is -2.25. The third kappa shape index (κ3) is 2.56. The summed E-state index contributed by atoms with van der Waals surface area (Å²) >= 11 is 9.39. The highest BCUT2D eigenvalue weighted by Gasteiger charge is 2.35. The molecule has 0 aliphatic heterocycles. The fourth-order valence-electron chi connectivity index (χ4n) is 2.70. The fraction of sp³-hybridized carbons (Fsp3) is 0.692. The van der Waals surface area contributed by atoms with E-state index in [1.54, 1.807) is 0 Å². The molecule has 0 N–H and O–H groups in total. The van der Waals surface area contributed by atoms with Crippen LogP contribution in [0, 0.1) is 12.3 Å². The van der Waals surface area contributed by atoms with E-state index in [9.17, 15) is 0 Å². The third-order valence-corrected chi connectivity index (χ3v) is 6.97. The first-order chi connectivity index (χ1) is 7.53. The Labute approximate surface area is 119 Å². The van der Waals surface area contributed by atoms with Gasteiger partial charge in [0, 0.05) is 9.70 Å². The molecule has 16 heavy (non-hydrogen) atoms. The molecule has 0 amide bonds. The maximum Gasteiger partial charge on any atom is 0.0704 e. The van der Waals surface area contributed by atoms with Crippen LogP contribution in [0.3, 0.4) is 0 Å². The van der Waals surface area contributed by atoms with Crippen LogP contribution in [0.15, 0.2) is 9.85 Å². The average molecular weight is 366 g/mol. The quantitative estimate of drug-likeness (QED) is 0.545. The van der Waals surface area contributed by atoms with Crippen molar-refractivity contribution in [3.05, 3.63) is 20.3 Å². The second-order valence-corrected chi connectivity index (χ2v) is 8.69. The third-order valence-electron chi connectivity index (χ3n) is 3.81. The minimum Gasteiger partial charge on any atom is -0.133 e. The lowest BCUT2D eigenvalue weighted by Gasteiger charge is -2.38. The van der Waals surface area contributed by atoms with Crippen molar-refractivity contribution in [2.75, 3.05) is 0 Å². The van der Waals surface area contributed by atoms with Crippen LogP contribution in [-0.2, 0) is 0 Å². The molecule has 1 fully saturated rings. The van der Waals surface area contributed by atoms with Gasteiger partial charge in [-0.25, -0.2) is 0 Å². The van der Waals surface area contributed by atoms with Gasteiger partial charge in [-0.3, -0.25) is 0 Å². The molecule has 0 saturated heterocycles. The van der Waals surface area contributed by atoms with Gasteiger partial charge in [0.05, 0.1) is 3.79 Å². The van der Waals surface area contributed by atoms with Gasteiger partial charge in [0.15, 0.2) is 0 Å². The summed E-state index contributed by atoms with van der Waals surface area (Å²) in [4.78, 5) is 1.96. The van der Waals surface area contributed by atoms with Gasteiger partial charge in [0.25, 0.3) is 0 Å². The summed E-state index contributed by atoms with van der Waals surface area (Å²) in [6.45, 7) is 4.67. The first-order valence-electron chi connectivity index (χ1n) is 5.93. The molecule has 1 atom stereocenters. The second-order valence-electron chi connectivity index (χ2n) is 5.14. The Morgan fingerprint density at radius 3 is 2.44 bits per heavy atom. The molecule has 1 aromatic heterocycles. The minimum atomic E-state index is 0.448. The van der Waals surface area contributed by atoms with E-state index in [4.69, 9.17) is 0 Å². The van der Waals surface area contributed by atoms with Gasteiger partial charge in [-0.2, -0.15) is 0 Å². The van der Waals surface area contributed by atoms with E-state index in [0.29, 0.717) is 10.2 Å². The summed E-state index contributed by atoms with van der Waals surface area (Å²) in [5.74, 6) is 0. The summed E-state index contributed by atoms with van der Waals surface area (Å²) in [6.07, 6.45) is 6.92. The fourth-order valence-corrected chi connectivity index (χ4v) is 5.53. The second kappa shape index (κ2) is 5.11. The van der Waals surface area contributed by atoms with Gasteiger partial charge < -0.3 is 0 Å². The maximum atomic E-state index is 3.95.